The van der Waals surface area contributed by atoms with E-state index in [1.165, 1.54) is 0 Å². The molecule has 0 amide bonds. The Morgan fingerprint density at radius 2 is 2.08 bits per heavy atom. The zero-order valence-electron chi connectivity index (χ0n) is 9.18. The summed E-state index contributed by atoms with van der Waals surface area (Å²) in [4.78, 5) is 0. The molecule has 0 saturated carbocycles. The highest BCUT2D eigenvalue weighted by atomic mass is 16.5. The van der Waals surface area contributed by atoms with Crippen molar-refractivity contribution in [3.05, 3.63) is 12.7 Å². The van der Waals surface area contributed by atoms with Gasteiger partial charge in [0.25, 0.3) is 0 Å². The second-order valence-electron chi connectivity index (χ2n) is 3.09. The number of rotatable bonds is 8. The first-order valence-electron chi connectivity index (χ1n) is 5.25. The topological polar surface area (TPSA) is 21.3 Å². The molecular formula is C11H23NO. The summed E-state index contributed by atoms with van der Waals surface area (Å²) in [5, 5.41) is 3.42. The van der Waals surface area contributed by atoms with Crippen molar-refractivity contribution < 1.29 is 4.74 Å². The molecule has 2 atom stereocenters. The van der Waals surface area contributed by atoms with Gasteiger partial charge in [0.15, 0.2) is 0 Å². The van der Waals surface area contributed by atoms with Crippen LogP contribution in [0.25, 0.3) is 0 Å². The van der Waals surface area contributed by atoms with Gasteiger partial charge < -0.3 is 10.1 Å². The fourth-order valence-electron chi connectivity index (χ4n) is 1.54. The lowest BCUT2D eigenvalue weighted by Gasteiger charge is -2.25. The van der Waals surface area contributed by atoms with Crippen molar-refractivity contribution in [2.45, 2.75) is 45.8 Å². The van der Waals surface area contributed by atoms with Crippen LogP contribution in [0.1, 0.15) is 33.6 Å². The molecule has 0 aliphatic carbocycles. The molecule has 1 N–H and O–H groups in total. The maximum atomic E-state index is 5.65. The fraction of sp³-hybridized carbons (Fsp3) is 0.818. The van der Waals surface area contributed by atoms with Gasteiger partial charge in [-0.15, -0.1) is 6.58 Å². The van der Waals surface area contributed by atoms with E-state index in [0.29, 0.717) is 12.1 Å². The van der Waals surface area contributed by atoms with Crippen LogP contribution in [0.15, 0.2) is 12.7 Å². The lowest BCUT2D eigenvalue weighted by atomic mass is 10.1. The monoisotopic (exact) mass is 185 g/mol. The summed E-state index contributed by atoms with van der Waals surface area (Å²) in [5.41, 5.74) is 0. The number of hydrogen-bond donors (Lipinski definition) is 1. The lowest BCUT2D eigenvalue weighted by molar-refractivity contribution is 0.0330. The summed E-state index contributed by atoms with van der Waals surface area (Å²) in [6.07, 6.45) is 4.31. The van der Waals surface area contributed by atoms with Gasteiger partial charge in [-0.2, -0.15) is 0 Å². The van der Waals surface area contributed by atoms with E-state index in [4.69, 9.17) is 4.74 Å². The Hall–Kier alpha value is -0.340. The van der Waals surface area contributed by atoms with Gasteiger partial charge >= 0.3 is 0 Å². The molecule has 0 heterocycles. The molecule has 13 heavy (non-hydrogen) atoms. The summed E-state index contributed by atoms with van der Waals surface area (Å²) in [6, 6.07) is 0.424. The van der Waals surface area contributed by atoms with Crippen molar-refractivity contribution in [2.24, 2.45) is 0 Å². The minimum Gasteiger partial charge on any atom is -0.377 e. The molecule has 0 aromatic heterocycles. The summed E-state index contributed by atoms with van der Waals surface area (Å²) in [6.45, 7) is 11.9. The highest BCUT2D eigenvalue weighted by molar-refractivity contribution is 4.83. The number of nitrogens with one attached hydrogen (secondary N) is 1. The molecule has 0 bridgehead atoms. The summed E-state index contributed by atoms with van der Waals surface area (Å²) in [5.74, 6) is 0. The molecule has 0 aromatic rings. The molecule has 0 aliphatic heterocycles. The first-order chi connectivity index (χ1) is 6.29. The normalized spacial score (nSPS) is 15.3. The van der Waals surface area contributed by atoms with Crippen LogP contribution in [0.3, 0.4) is 0 Å². The lowest BCUT2D eigenvalue weighted by Crippen LogP contribution is -2.40. The van der Waals surface area contributed by atoms with Gasteiger partial charge in [-0.1, -0.05) is 19.9 Å². The average Bonchev–Trinajstić information content (AvgIpc) is 2.14. The Bertz CT molecular complexity index is 125. The van der Waals surface area contributed by atoms with Crippen LogP contribution >= 0.6 is 0 Å². The van der Waals surface area contributed by atoms with Crippen molar-refractivity contribution in [2.75, 3.05) is 13.2 Å². The highest BCUT2D eigenvalue weighted by Gasteiger charge is 2.17. The maximum absolute atomic E-state index is 5.65. The third-order valence-corrected chi connectivity index (χ3v) is 2.12. The Morgan fingerprint density at radius 3 is 2.46 bits per heavy atom. The van der Waals surface area contributed by atoms with Gasteiger partial charge in [-0.25, -0.2) is 0 Å². The largest absolute Gasteiger partial charge is 0.377 e. The van der Waals surface area contributed by atoms with Crippen molar-refractivity contribution in [3.8, 4) is 0 Å². The molecule has 2 unspecified atom stereocenters. The van der Waals surface area contributed by atoms with Crippen LogP contribution in [0.2, 0.25) is 0 Å². The third-order valence-electron chi connectivity index (χ3n) is 2.12. The SMILES string of the molecule is C=CCC(NCC)C(CC)OCC. The second-order valence-corrected chi connectivity index (χ2v) is 3.09. The first kappa shape index (κ1) is 12.7. The summed E-state index contributed by atoms with van der Waals surface area (Å²) >= 11 is 0. The van der Waals surface area contributed by atoms with E-state index in [-0.39, 0.29) is 0 Å². The molecular weight excluding hydrogens is 162 g/mol. The van der Waals surface area contributed by atoms with Crippen LogP contribution in [0.4, 0.5) is 0 Å². The van der Waals surface area contributed by atoms with E-state index in [1.807, 2.05) is 13.0 Å². The standard InChI is InChI=1S/C11H23NO/c1-5-9-10(12-7-3)11(6-2)13-8-4/h5,10-12H,1,6-9H2,2-4H3. The zero-order valence-corrected chi connectivity index (χ0v) is 9.18. The molecule has 0 saturated heterocycles. The molecule has 2 heteroatoms. The molecule has 0 rings (SSSR count). The fourth-order valence-corrected chi connectivity index (χ4v) is 1.54. The van der Waals surface area contributed by atoms with Gasteiger partial charge in [0.1, 0.15) is 0 Å². The molecule has 78 valence electrons. The van der Waals surface area contributed by atoms with Gasteiger partial charge in [-0.05, 0) is 26.3 Å². The Kier molecular flexibility index (Phi) is 8.05. The number of ether oxygens (including phenoxy) is 1. The van der Waals surface area contributed by atoms with Crippen LogP contribution in [-0.2, 0) is 4.74 Å². The number of hydrogen-bond acceptors (Lipinski definition) is 2. The van der Waals surface area contributed by atoms with E-state index < -0.39 is 0 Å². The quantitative estimate of drug-likeness (QED) is 0.586. The van der Waals surface area contributed by atoms with Gasteiger partial charge in [0.05, 0.1) is 6.10 Å². The van der Waals surface area contributed by atoms with Gasteiger partial charge in [0, 0.05) is 12.6 Å². The third kappa shape index (κ3) is 5.06. The Balaban J connectivity index is 4.02. The molecule has 0 spiro atoms. The number of likely N-dealkylation sites (N-methyl/N-ethyl adjacent to an activating group) is 1. The summed E-state index contributed by atoms with van der Waals surface area (Å²) < 4.78 is 5.65. The van der Waals surface area contributed by atoms with Crippen LogP contribution < -0.4 is 5.32 Å². The molecule has 0 aromatic carbocycles. The highest BCUT2D eigenvalue weighted by Crippen LogP contribution is 2.08. The van der Waals surface area contributed by atoms with E-state index in [2.05, 4.69) is 25.7 Å². The van der Waals surface area contributed by atoms with E-state index in [0.717, 1.165) is 26.0 Å². The van der Waals surface area contributed by atoms with Crippen LogP contribution in [0.5, 0.6) is 0 Å². The average molecular weight is 185 g/mol. The minimum atomic E-state index is 0.322. The van der Waals surface area contributed by atoms with Crippen molar-refractivity contribution in [3.63, 3.8) is 0 Å². The predicted molar refractivity (Wildman–Crippen MR) is 58.0 cm³/mol. The van der Waals surface area contributed by atoms with Crippen molar-refractivity contribution in [1.29, 1.82) is 0 Å². The summed E-state index contributed by atoms with van der Waals surface area (Å²) in [7, 11) is 0. The maximum Gasteiger partial charge on any atom is 0.0728 e. The second kappa shape index (κ2) is 8.27. The zero-order chi connectivity index (χ0) is 10.1. The Morgan fingerprint density at radius 1 is 1.38 bits per heavy atom. The molecule has 0 radical (unpaired) electrons. The first-order valence-corrected chi connectivity index (χ1v) is 5.25. The van der Waals surface area contributed by atoms with E-state index in [9.17, 15) is 0 Å². The molecule has 0 aliphatic rings. The van der Waals surface area contributed by atoms with Crippen LogP contribution in [-0.4, -0.2) is 25.3 Å². The van der Waals surface area contributed by atoms with Gasteiger partial charge in [0.2, 0.25) is 0 Å². The van der Waals surface area contributed by atoms with E-state index in [1.54, 1.807) is 0 Å². The molecule has 2 nitrogen and oxygen atoms in total. The molecule has 0 fully saturated rings. The van der Waals surface area contributed by atoms with E-state index >= 15 is 0 Å². The van der Waals surface area contributed by atoms with Gasteiger partial charge in [-0.3, -0.25) is 0 Å². The minimum absolute atomic E-state index is 0.322. The van der Waals surface area contributed by atoms with Crippen molar-refractivity contribution >= 4 is 0 Å². The predicted octanol–water partition coefficient (Wildman–Crippen LogP) is 2.36. The van der Waals surface area contributed by atoms with Crippen LogP contribution in [0, 0.1) is 0 Å². The Labute approximate surface area is 82.4 Å². The smallest absolute Gasteiger partial charge is 0.0728 e. The van der Waals surface area contributed by atoms with Crippen molar-refractivity contribution in [1.82, 2.24) is 5.32 Å².